The summed E-state index contributed by atoms with van der Waals surface area (Å²) in [5.41, 5.74) is 1.95. The Balaban J connectivity index is 1.88. The highest BCUT2D eigenvalue weighted by molar-refractivity contribution is 5.57. The fourth-order valence-corrected chi connectivity index (χ4v) is 4.05. The van der Waals surface area contributed by atoms with E-state index in [-0.39, 0.29) is 11.9 Å². The monoisotopic (exact) mass is 276 g/mol. The number of rotatable bonds is 4. The van der Waals surface area contributed by atoms with E-state index in [9.17, 15) is 4.39 Å². The van der Waals surface area contributed by atoms with E-state index >= 15 is 0 Å². The molecule has 2 aliphatic rings. The summed E-state index contributed by atoms with van der Waals surface area (Å²) in [6, 6.07) is 5.70. The quantitative estimate of drug-likeness (QED) is 0.901. The molecule has 0 amide bonds. The summed E-state index contributed by atoms with van der Waals surface area (Å²) in [7, 11) is 0. The van der Waals surface area contributed by atoms with E-state index in [1.54, 1.807) is 6.07 Å². The lowest BCUT2D eigenvalue weighted by molar-refractivity contribution is 0.494. The van der Waals surface area contributed by atoms with Gasteiger partial charge in [-0.1, -0.05) is 25.5 Å². The number of hydrogen-bond acceptors (Lipinski definition) is 2. The van der Waals surface area contributed by atoms with Crippen molar-refractivity contribution in [2.75, 3.05) is 24.5 Å². The molecule has 1 heterocycles. The molecule has 3 heteroatoms. The molecule has 1 aliphatic carbocycles. The van der Waals surface area contributed by atoms with Crippen LogP contribution in [0.2, 0.25) is 0 Å². The van der Waals surface area contributed by atoms with Crippen molar-refractivity contribution in [1.82, 2.24) is 5.32 Å². The second-order valence-electron chi connectivity index (χ2n) is 6.31. The maximum atomic E-state index is 14.4. The first-order valence-electron chi connectivity index (χ1n) is 7.97. The molecular formula is C17H25FN2. The van der Waals surface area contributed by atoms with E-state index in [1.807, 2.05) is 6.07 Å². The summed E-state index contributed by atoms with van der Waals surface area (Å²) in [4.78, 5) is 2.30. The van der Waals surface area contributed by atoms with Crippen molar-refractivity contribution < 1.29 is 4.39 Å². The van der Waals surface area contributed by atoms with Gasteiger partial charge >= 0.3 is 0 Å². The molecule has 1 aromatic rings. The van der Waals surface area contributed by atoms with Crippen molar-refractivity contribution in [3.05, 3.63) is 29.6 Å². The predicted octanol–water partition coefficient (Wildman–Crippen LogP) is 3.73. The van der Waals surface area contributed by atoms with Crippen molar-refractivity contribution in [2.45, 2.75) is 39.2 Å². The van der Waals surface area contributed by atoms with E-state index < -0.39 is 0 Å². The van der Waals surface area contributed by atoms with Crippen LogP contribution < -0.4 is 10.2 Å². The first kappa shape index (κ1) is 13.9. The number of anilines is 1. The summed E-state index contributed by atoms with van der Waals surface area (Å²) in [6.45, 7) is 7.20. The summed E-state index contributed by atoms with van der Waals surface area (Å²) in [5, 5.41) is 3.41. The fraction of sp³-hybridized carbons (Fsp3) is 0.647. The zero-order chi connectivity index (χ0) is 14.1. The lowest BCUT2D eigenvalue weighted by Gasteiger charge is -2.26. The summed E-state index contributed by atoms with van der Waals surface area (Å²) < 4.78 is 14.4. The minimum absolute atomic E-state index is 0.0628. The molecule has 20 heavy (non-hydrogen) atoms. The normalized spacial score (nSPS) is 26.9. The molecule has 2 nitrogen and oxygen atoms in total. The predicted molar refractivity (Wildman–Crippen MR) is 81.5 cm³/mol. The SMILES string of the molecule is CCNC(C)c1cccc(F)c1N1CC2CCCC2C1. The maximum absolute atomic E-state index is 14.4. The fourth-order valence-electron chi connectivity index (χ4n) is 4.05. The van der Waals surface area contributed by atoms with Crippen LogP contribution in [0, 0.1) is 17.7 Å². The highest BCUT2D eigenvalue weighted by Crippen LogP contribution is 2.41. The van der Waals surface area contributed by atoms with Crippen molar-refractivity contribution in [3.8, 4) is 0 Å². The molecule has 110 valence electrons. The molecule has 0 spiro atoms. The highest BCUT2D eigenvalue weighted by Gasteiger charge is 2.37. The van der Waals surface area contributed by atoms with E-state index in [0.717, 1.165) is 42.7 Å². The van der Waals surface area contributed by atoms with Crippen LogP contribution in [-0.2, 0) is 0 Å². The van der Waals surface area contributed by atoms with E-state index in [2.05, 4.69) is 30.1 Å². The molecule has 3 atom stereocenters. The van der Waals surface area contributed by atoms with Gasteiger partial charge in [-0.15, -0.1) is 0 Å². The van der Waals surface area contributed by atoms with Crippen LogP contribution in [0.1, 0.15) is 44.7 Å². The first-order valence-corrected chi connectivity index (χ1v) is 7.97. The van der Waals surface area contributed by atoms with Crippen molar-refractivity contribution in [2.24, 2.45) is 11.8 Å². The minimum Gasteiger partial charge on any atom is -0.368 e. The van der Waals surface area contributed by atoms with Gasteiger partial charge in [0.1, 0.15) is 5.82 Å². The Hall–Kier alpha value is -1.09. The van der Waals surface area contributed by atoms with Gasteiger partial charge < -0.3 is 10.2 Å². The summed E-state index contributed by atoms with van der Waals surface area (Å²) in [6.07, 6.45) is 4.02. The Morgan fingerprint density at radius 1 is 1.30 bits per heavy atom. The molecule has 1 aliphatic heterocycles. The lowest BCUT2D eigenvalue weighted by Crippen LogP contribution is -2.26. The van der Waals surface area contributed by atoms with Crippen LogP contribution in [-0.4, -0.2) is 19.6 Å². The maximum Gasteiger partial charge on any atom is 0.146 e. The van der Waals surface area contributed by atoms with Gasteiger partial charge in [0, 0.05) is 19.1 Å². The Morgan fingerprint density at radius 3 is 2.65 bits per heavy atom. The largest absolute Gasteiger partial charge is 0.368 e. The van der Waals surface area contributed by atoms with Crippen LogP contribution in [0.3, 0.4) is 0 Å². The number of benzene rings is 1. The van der Waals surface area contributed by atoms with Crippen molar-refractivity contribution in [3.63, 3.8) is 0 Å². The van der Waals surface area contributed by atoms with E-state index in [4.69, 9.17) is 0 Å². The Kier molecular flexibility index (Phi) is 3.97. The smallest absolute Gasteiger partial charge is 0.146 e. The molecule has 3 unspecified atom stereocenters. The molecule has 1 saturated carbocycles. The number of halogens is 1. The third-order valence-corrected chi connectivity index (χ3v) is 5.04. The van der Waals surface area contributed by atoms with Crippen molar-refractivity contribution in [1.29, 1.82) is 0 Å². The number of nitrogens with one attached hydrogen (secondary N) is 1. The van der Waals surface area contributed by atoms with Crippen LogP contribution in [0.5, 0.6) is 0 Å². The number of hydrogen-bond donors (Lipinski definition) is 1. The molecular weight excluding hydrogens is 251 g/mol. The number of nitrogens with zero attached hydrogens (tertiary/aromatic N) is 1. The molecule has 0 radical (unpaired) electrons. The second-order valence-corrected chi connectivity index (χ2v) is 6.31. The average molecular weight is 276 g/mol. The van der Waals surface area contributed by atoms with Gasteiger partial charge in [-0.2, -0.15) is 0 Å². The standard InChI is InChI=1S/C17H25FN2/c1-3-19-12(2)15-8-5-9-16(18)17(15)20-10-13-6-4-7-14(13)11-20/h5,8-9,12-14,19H,3-4,6-7,10-11H2,1-2H3. The highest BCUT2D eigenvalue weighted by atomic mass is 19.1. The molecule has 1 saturated heterocycles. The molecule has 0 aromatic heterocycles. The van der Waals surface area contributed by atoms with E-state index in [0.29, 0.717) is 0 Å². The van der Waals surface area contributed by atoms with Crippen LogP contribution >= 0.6 is 0 Å². The zero-order valence-electron chi connectivity index (χ0n) is 12.5. The summed E-state index contributed by atoms with van der Waals surface area (Å²) >= 11 is 0. The van der Waals surface area contributed by atoms with Gasteiger partial charge in [-0.3, -0.25) is 0 Å². The van der Waals surface area contributed by atoms with Crippen molar-refractivity contribution >= 4 is 5.69 Å². The number of para-hydroxylation sites is 1. The third-order valence-electron chi connectivity index (χ3n) is 5.04. The number of fused-ring (bicyclic) bond motifs is 1. The van der Waals surface area contributed by atoms with Gasteiger partial charge in [0.05, 0.1) is 5.69 Å². The zero-order valence-corrected chi connectivity index (χ0v) is 12.5. The van der Waals surface area contributed by atoms with E-state index in [1.165, 1.54) is 19.3 Å². The average Bonchev–Trinajstić information content (AvgIpc) is 2.99. The minimum atomic E-state index is -0.0628. The van der Waals surface area contributed by atoms with Gasteiger partial charge in [-0.25, -0.2) is 4.39 Å². The van der Waals surface area contributed by atoms with Crippen LogP contribution in [0.25, 0.3) is 0 Å². The van der Waals surface area contributed by atoms with Gasteiger partial charge in [0.2, 0.25) is 0 Å². The molecule has 3 rings (SSSR count). The lowest BCUT2D eigenvalue weighted by atomic mass is 10.0. The topological polar surface area (TPSA) is 15.3 Å². The van der Waals surface area contributed by atoms with Gasteiger partial charge in [-0.05, 0) is 49.8 Å². The second kappa shape index (κ2) is 5.72. The Morgan fingerprint density at radius 2 is 2.00 bits per heavy atom. The first-order chi connectivity index (χ1) is 9.70. The third kappa shape index (κ3) is 2.44. The molecule has 1 N–H and O–H groups in total. The van der Waals surface area contributed by atoms with Crippen LogP contribution in [0.4, 0.5) is 10.1 Å². The molecule has 1 aromatic carbocycles. The Labute approximate surface area is 121 Å². The van der Waals surface area contributed by atoms with Crippen LogP contribution in [0.15, 0.2) is 18.2 Å². The van der Waals surface area contributed by atoms with Gasteiger partial charge in [0.25, 0.3) is 0 Å². The Bertz CT molecular complexity index is 462. The molecule has 2 fully saturated rings. The summed E-state index contributed by atoms with van der Waals surface area (Å²) in [5.74, 6) is 1.51. The molecule has 0 bridgehead atoms. The van der Waals surface area contributed by atoms with Gasteiger partial charge in [0.15, 0.2) is 0 Å².